The van der Waals surface area contributed by atoms with E-state index in [4.69, 9.17) is 0 Å². The highest BCUT2D eigenvalue weighted by molar-refractivity contribution is 7.99. The van der Waals surface area contributed by atoms with Crippen LogP contribution in [0.5, 0.6) is 0 Å². The molecule has 1 aliphatic rings. The first kappa shape index (κ1) is 19.5. The highest BCUT2D eigenvalue weighted by atomic mass is 32.2. The van der Waals surface area contributed by atoms with E-state index in [1.807, 2.05) is 36.4 Å². The zero-order valence-corrected chi connectivity index (χ0v) is 16.7. The molecule has 1 N–H and O–H groups in total. The summed E-state index contributed by atoms with van der Waals surface area (Å²) in [7, 11) is 0. The first-order chi connectivity index (χ1) is 14.2. The monoisotopic (exact) mass is 407 g/mol. The minimum atomic E-state index is -0.225. The zero-order valence-electron chi connectivity index (χ0n) is 15.9. The van der Waals surface area contributed by atoms with E-state index in [1.165, 1.54) is 23.9 Å². The van der Waals surface area contributed by atoms with Crippen molar-refractivity contribution >= 4 is 23.4 Å². The van der Waals surface area contributed by atoms with Crippen LogP contribution < -0.4 is 10.2 Å². The second kappa shape index (κ2) is 9.09. The van der Waals surface area contributed by atoms with Crippen LogP contribution in [-0.2, 0) is 0 Å². The summed E-state index contributed by atoms with van der Waals surface area (Å²) in [6.45, 7) is 2.37. The Bertz CT molecular complexity index is 965. The van der Waals surface area contributed by atoms with Crippen LogP contribution in [0.3, 0.4) is 0 Å². The molecule has 4 nitrogen and oxygen atoms in total. The SMILES string of the molecule is O=C(NCC1CCN(c2ccc(F)cc2)C1)c1cccnc1Sc1ccccc1. The molecular formula is C23H22FN3OS. The molecule has 2 aromatic carbocycles. The van der Waals surface area contributed by atoms with Gasteiger partial charge in [0, 0.05) is 36.4 Å². The van der Waals surface area contributed by atoms with Gasteiger partial charge in [0.25, 0.3) is 5.91 Å². The summed E-state index contributed by atoms with van der Waals surface area (Å²) in [5.41, 5.74) is 1.61. The Morgan fingerprint density at radius 3 is 2.69 bits per heavy atom. The molecule has 1 aliphatic heterocycles. The van der Waals surface area contributed by atoms with Gasteiger partial charge in [-0.15, -0.1) is 0 Å². The Hall–Kier alpha value is -2.86. The number of nitrogens with one attached hydrogen (secondary N) is 1. The van der Waals surface area contributed by atoms with E-state index in [0.29, 0.717) is 23.1 Å². The van der Waals surface area contributed by atoms with Crippen LogP contribution in [0.2, 0.25) is 0 Å². The van der Waals surface area contributed by atoms with Crippen molar-refractivity contribution in [3.63, 3.8) is 0 Å². The van der Waals surface area contributed by atoms with Gasteiger partial charge < -0.3 is 10.2 Å². The van der Waals surface area contributed by atoms with Crippen molar-refractivity contribution in [2.75, 3.05) is 24.5 Å². The lowest BCUT2D eigenvalue weighted by molar-refractivity contribution is 0.0944. The zero-order chi connectivity index (χ0) is 20.1. The Morgan fingerprint density at radius 1 is 1.10 bits per heavy atom. The van der Waals surface area contributed by atoms with E-state index in [0.717, 1.165) is 30.1 Å². The van der Waals surface area contributed by atoms with Crippen molar-refractivity contribution in [1.29, 1.82) is 0 Å². The Morgan fingerprint density at radius 2 is 1.90 bits per heavy atom. The fourth-order valence-electron chi connectivity index (χ4n) is 3.46. The smallest absolute Gasteiger partial charge is 0.254 e. The fourth-order valence-corrected chi connectivity index (χ4v) is 4.36. The predicted molar refractivity (Wildman–Crippen MR) is 114 cm³/mol. The standard InChI is InChI=1S/C23H22FN3OS/c24-18-8-10-19(11-9-18)27-14-12-17(16-27)15-26-22(28)21-7-4-13-25-23(21)29-20-5-2-1-3-6-20/h1-11,13,17H,12,14-16H2,(H,26,28). The largest absolute Gasteiger partial charge is 0.371 e. The van der Waals surface area contributed by atoms with Gasteiger partial charge in [-0.25, -0.2) is 9.37 Å². The Balaban J connectivity index is 1.35. The van der Waals surface area contributed by atoms with Crippen molar-refractivity contribution in [1.82, 2.24) is 10.3 Å². The molecule has 0 spiro atoms. The van der Waals surface area contributed by atoms with Gasteiger partial charge in [-0.3, -0.25) is 4.79 Å². The van der Waals surface area contributed by atoms with E-state index < -0.39 is 0 Å². The van der Waals surface area contributed by atoms with Crippen molar-refractivity contribution < 1.29 is 9.18 Å². The number of hydrogen-bond acceptors (Lipinski definition) is 4. The number of rotatable bonds is 6. The topological polar surface area (TPSA) is 45.2 Å². The molecular weight excluding hydrogens is 385 g/mol. The van der Waals surface area contributed by atoms with Crippen LogP contribution in [0, 0.1) is 11.7 Å². The number of nitrogens with zero attached hydrogens (tertiary/aromatic N) is 2. The first-order valence-corrected chi connectivity index (χ1v) is 10.5. The predicted octanol–water partition coefficient (Wildman–Crippen LogP) is 4.63. The van der Waals surface area contributed by atoms with Gasteiger partial charge in [-0.05, 0) is 60.9 Å². The third-order valence-corrected chi connectivity index (χ3v) is 6.03. The summed E-state index contributed by atoms with van der Waals surface area (Å²) in [4.78, 5) is 20.5. The van der Waals surface area contributed by atoms with Gasteiger partial charge in [0.15, 0.2) is 0 Å². The summed E-state index contributed by atoms with van der Waals surface area (Å²) in [5.74, 6) is 0.0417. The summed E-state index contributed by atoms with van der Waals surface area (Å²) in [6, 6.07) is 20.1. The van der Waals surface area contributed by atoms with Gasteiger partial charge >= 0.3 is 0 Å². The second-order valence-corrected chi connectivity index (χ2v) is 8.12. The number of halogens is 1. The number of anilines is 1. The normalized spacial score (nSPS) is 16.0. The first-order valence-electron chi connectivity index (χ1n) is 9.65. The van der Waals surface area contributed by atoms with E-state index in [-0.39, 0.29) is 11.7 Å². The fraction of sp³-hybridized carbons (Fsp3) is 0.217. The Kier molecular flexibility index (Phi) is 6.10. The van der Waals surface area contributed by atoms with Gasteiger partial charge in [0.05, 0.1) is 5.56 Å². The third-order valence-electron chi connectivity index (χ3n) is 5.00. The molecule has 2 heterocycles. The van der Waals surface area contributed by atoms with Gasteiger partial charge in [-0.2, -0.15) is 0 Å². The van der Waals surface area contributed by atoms with Crippen LogP contribution in [-0.4, -0.2) is 30.5 Å². The highest BCUT2D eigenvalue weighted by Crippen LogP contribution is 2.28. The van der Waals surface area contributed by atoms with Gasteiger partial charge in [-0.1, -0.05) is 30.0 Å². The molecule has 1 aromatic heterocycles. The molecule has 148 valence electrons. The van der Waals surface area contributed by atoms with Gasteiger partial charge in [0.1, 0.15) is 10.8 Å². The van der Waals surface area contributed by atoms with Crippen LogP contribution in [0.1, 0.15) is 16.8 Å². The molecule has 0 aliphatic carbocycles. The lowest BCUT2D eigenvalue weighted by Crippen LogP contribution is -2.31. The minimum Gasteiger partial charge on any atom is -0.371 e. The second-order valence-electron chi connectivity index (χ2n) is 7.06. The molecule has 3 aromatic rings. The number of benzene rings is 2. The van der Waals surface area contributed by atoms with Crippen LogP contribution in [0.4, 0.5) is 10.1 Å². The molecule has 0 radical (unpaired) electrons. The number of amides is 1. The Labute approximate surface area is 174 Å². The van der Waals surface area contributed by atoms with Gasteiger partial charge in [0.2, 0.25) is 0 Å². The molecule has 0 bridgehead atoms. The maximum Gasteiger partial charge on any atom is 0.254 e. The maximum atomic E-state index is 13.1. The quantitative estimate of drug-likeness (QED) is 0.647. The summed E-state index contributed by atoms with van der Waals surface area (Å²) in [6.07, 6.45) is 2.70. The number of carbonyl (C=O) groups excluding carboxylic acids is 1. The average Bonchev–Trinajstić information content (AvgIpc) is 3.23. The lowest BCUT2D eigenvalue weighted by atomic mass is 10.1. The molecule has 1 fully saturated rings. The molecule has 1 unspecified atom stereocenters. The van der Waals surface area contributed by atoms with E-state index in [1.54, 1.807) is 24.4 Å². The number of aromatic nitrogens is 1. The third kappa shape index (κ3) is 4.95. The van der Waals surface area contributed by atoms with E-state index in [9.17, 15) is 9.18 Å². The number of hydrogen-bond donors (Lipinski definition) is 1. The summed E-state index contributed by atoms with van der Waals surface area (Å²) < 4.78 is 13.1. The minimum absolute atomic E-state index is 0.100. The number of pyridine rings is 1. The molecule has 6 heteroatoms. The van der Waals surface area contributed by atoms with Crippen LogP contribution in [0.25, 0.3) is 0 Å². The molecule has 0 saturated carbocycles. The molecule has 1 saturated heterocycles. The van der Waals surface area contributed by atoms with Crippen molar-refractivity contribution in [2.45, 2.75) is 16.3 Å². The lowest BCUT2D eigenvalue weighted by Gasteiger charge is -2.19. The van der Waals surface area contributed by atoms with Crippen molar-refractivity contribution in [3.05, 3.63) is 84.3 Å². The summed E-state index contributed by atoms with van der Waals surface area (Å²) in [5, 5.41) is 3.77. The van der Waals surface area contributed by atoms with Crippen molar-refractivity contribution in [3.8, 4) is 0 Å². The van der Waals surface area contributed by atoms with Crippen molar-refractivity contribution in [2.24, 2.45) is 5.92 Å². The molecule has 1 atom stereocenters. The van der Waals surface area contributed by atoms with E-state index in [2.05, 4.69) is 15.2 Å². The van der Waals surface area contributed by atoms with Crippen LogP contribution >= 0.6 is 11.8 Å². The van der Waals surface area contributed by atoms with E-state index >= 15 is 0 Å². The average molecular weight is 408 g/mol. The maximum absolute atomic E-state index is 13.1. The van der Waals surface area contributed by atoms with Crippen LogP contribution in [0.15, 0.2) is 82.8 Å². The highest BCUT2D eigenvalue weighted by Gasteiger charge is 2.24. The number of carbonyl (C=O) groups is 1. The molecule has 1 amide bonds. The molecule has 29 heavy (non-hydrogen) atoms. The summed E-state index contributed by atoms with van der Waals surface area (Å²) >= 11 is 1.49. The molecule has 4 rings (SSSR count).